The highest BCUT2D eigenvalue weighted by Crippen LogP contribution is 2.34. The van der Waals surface area contributed by atoms with Crippen LogP contribution in [0.25, 0.3) is 38.8 Å². The predicted molar refractivity (Wildman–Crippen MR) is 109 cm³/mol. The highest BCUT2D eigenvalue weighted by atomic mass is 79.9. The zero-order valence-corrected chi connectivity index (χ0v) is 15.7. The Morgan fingerprint density at radius 2 is 1.63 bits per heavy atom. The number of aromatic nitrogens is 3. The maximum atomic E-state index is 13.7. The molecule has 0 amide bonds. The number of hydrogen-bond acceptors (Lipinski definition) is 2. The van der Waals surface area contributed by atoms with Crippen LogP contribution in [0.4, 0.5) is 4.39 Å². The van der Waals surface area contributed by atoms with Crippen LogP contribution in [0.2, 0.25) is 0 Å². The first kappa shape index (κ1) is 16.1. The van der Waals surface area contributed by atoms with Crippen molar-refractivity contribution in [1.82, 2.24) is 14.8 Å². The van der Waals surface area contributed by atoms with Crippen LogP contribution >= 0.6 is 15.9 Å². The largest absolute Gasteiger partial charge is 0.255 e. The SMILES string of the molecule is Fc1ccc2c(c1)ncc1c(-c3ccccc3)nn(-c3ccc(Br)cc3)c12. The van der Waals surface area contributed by atoms with Gasteiger partial charge in [0.15, 0.2) is 0 Å². The number of rotatable bonds is 2. The van der Waals surface area contributed by atoms with Crippen molar-refractivity contribution < 1.29 is 4.39 Å². The summed E-state index contributed by atoms with van der Waals surface area (Å²) in [6.07, 6.45) is 1.78. The van der Waals surface area contributed by atoms with Gasteiger partial charge < -0.3 is 0 Å². The van der Waals surface area contributed by atoms with Gasteiger partial charge in [-0.05, 0) is 36.4 Å². The summed E-state index contributed by atoms with van der Waals surface area (Å²) in [5.74, 6) is -0.299. The summed E-state index contributed by atoms with van der Waals surface area (Å²) in [4.78, 5) is 4.48. The van der Waals surface area contributed by atoms with Crippen molar-refractivity contribution in [3.63, 3.8) is 0 Å². The summed E-state index contributed by atoms with van der Waals surface area (Å²) >= 11 is 3.48. The van der Waals surface area contributed by atoms with E-state index in [-0.39, 0.29) is 5.82 Å². The van der Waals surface area contributed by atoms with Gasteiger partial charge in [0, 0.05) is 33.1 Å². The van der Waals surface area contributed by atoms with Gasteiger partial charge in [0.25, 0.3) is 0 Å². The van der Waals surface area contributed by atoms with Gasteiger partial charge in [0.1, 0.15) is 11.5 Å². The lowest BCUT2D eigenvalue weighted by Gasteiger charge is -2.06. The molecule has 0 aliphatic heterocycles. The summed E-state index contributed by atoms with van der Waals surface area (Å²) in [6, 6.07) is 22.7. The summed E-state index contributed by atoms with van der Waals surface area (Å²) in [7, 11) is 0. The molecule has 130 valence electrons. The molecule has 0 unspecified atom stereocenters. The average molecular weight is 418 g/mol. The Balaban J connectivity index is 1.90. The second-order valence-corrected chi connectivity index (χ2v) is 7.20. The van der Waals surface area contributed by atoms with Gasteiger partial charge in [-0.1, -0.05) is 46.3 Å². The molecule has 0 bridgehead atoms. The Hall–Kier alpha value is -3.05. The molecule has 0 radical (unpaired) electrons. The van der Waals surface area contributed by atoms with Crippen LogP contribution in [-0.2, 0) is 0 Å². The van der Waals surface area contributed by atoms with E-state index in [0.717, 1.165) is 37.7 Å². The Bertz CT molecular complexity index is 1280. The second-order valence-electron chi connectivity index (χ2n) is 6.28. The minimum absolute atomic E-state index is 0.299. The van der Waals surface area contributed by atoms with E-state index in [4.69, 9.17) is 5.10 Å². The molecule has 5 heteroatoms. The van der Waals surface area contributed by atoms with Crippen LogP contribution in [0.15, 0.2) is 83.5 Å². The van der Waals surface area contributed by atoms with Crippen molar-refractivity contribution in [3.8, 4) is 16.9 Å². The molecule has 0 saturated carbocycles. The lowest BCUT2D eigenvalue weighted by atomic mass is 10.1. The molecule has 0 aliphatic rings. The highest BCUT2D eigenvalue weighted by Gasteiger charge is 2.17. The Morgan fingerprint density at radius 1 is 0.852 bits per heavy atom. The molecule has 0 atom stereocenters. The molecule has 3 nitrogen and oxygen atoms in total. The third kappa shape index (κ3) is 2.71. The van der Waals surface area contributed by atoms with Crippen LogP contribution < -0.4 is 0 Å². The zero-order valence-electron chi connectivity index (χ0n) is 14.1. The molecule has 3 aromatic carbocycles. The van der Waals surface area contributed by atoms with Gasteiger partial charge in [-0.15, -0.1) is 0 Å². The Labute approximate surface area is 163 Å². The van der Waals surface area contributed by atoms with Gasteiger partial charge in [-0.3, -0.25) is 4.98 Å². The van der Waals surface area contributed by atoms with Crippen LogP contribution in [-0.4, -0.2) is 14.8 Å². The third-order valence-electron chi connectivity index (χ3n) is 4.59. The number of fused-ring (bicyclic) bond motifs is 3. The van der Waals surface area contributed by atoms with Gasteiger partial charge in [0.05, 0.1) is 16.7 Å². The fourth-order valence-electron chi connectivity index (χ4n) is 3.34. The van der Waals surface area contributed by atoms with Gasteiger partial charge >= 0.3 is 0 Å². The summed E-state index contributed by atoms with van der Waals surface area (Å²) in [5, 5.41) is 6.70. The average Bonchev–Trinajstić information content (AvgIpc) is 3.09. The quantitative estimate of drug-likeness (QED) is 0.345. The van der Waals surface area contributed by atoms with E-state index >= 15 is 0 Å². The molecule has 0 saturated heterocycles. The molecule has 5 rings (SSSR count). The van der Waals surface area contributed by atoms with Crippen LogP contribution in [0.1, 0.15) is 0 Å². The van der Waals surface area contributed by atoms with Crippen molar-refractivity contribution in [1.29, 1.82) is 0 Å². The minimum atomic E-state index is -0.299. The first-order valence-corrected chi connectivity index (χ1v) is 9.28. The topological polar surface area (TPSA) is 30.7 Å². The molecule has 0 spiro atoms. The molecule has 0 fully saturated rings. The van der Waals surface area contributed by atoms with E-state index in [9.17, 15) is 4.39 Å². The highest BCUT2D eigenvalue weighted by molar-refractivity contribution is 9.10. The maximum Gasteiger partial charge on any atom is 0.125 e. The van der Waals surface area contributed by atoms with Crippen LogP contribution in [0, 0.1) is 5.82 Å². The van der Waals surface area contributed by atoms with Crippen molar-refractivity contribution >= 4 is 37.7 Å². The summed E-state index contributed by atoms with van der Waals surface area (Å²) < 4.78 is 16.6. The summed E-state index contributed by atoms with van der Waals surface area (Å²) in [5.41, 5.74) is 4.33. The molecule has 5 aromatic rings. The predicted octanol–water partition coefficient (Wildman–Crippen LogP) is 6.14. The number of benzene rings is 3. The van der Waals surface area contributed by atoms with Crippen molar-refractivity contribution in [2.45, 2.75) is 0 Å². The number of nitrogens with zero attached hydrogens (tertiary/aromatic N) is 3. The maximum absolute atomic E-state index is 13.7. The molecule has 27 heavy (non-hydrogen) atoms. The Morgan fingerprint density at radius 3 is 2.41 bits per heavy atom. The molecular weight excluding hydrogens is 405 g/mol. The first-order chi connectivity index (χ1) is 13.2. The molecule has 2 aromatic heterocycles. The first-order valence-electron chi connectivity index (χ1n) is 8.49. The van der Waals surface area contributed by atoms with E-state index in [2.05, 4.69) is 20.9 Å². The van der Waals surface area contributed by atoms with E-state index in [1.807, 2.05) is 59.3 Å². The number of halogens is 2. The van der Waals surface area contributed by atoms with E-state index in [0.29, 0.717) is 5.52 Å². The lowest BCUT2D eigenvalue weighted by Crippen LogP contribution is -1.97. The third-order valence-corrected chi connectivity index (χ3v) is 5.12. The standard InChI is InChI=1S/C22H13BrFN3/c23-15-6-9-17(10-7-15)27-22-18-11-8-16(24)12-20(18)25-13-19(22)21(26-27)14-4-2-1-3-5-14/h1-13H. The fraction of sp³-hybridized carbons (Fsp3) is 0. The van der Waals surface area contributed by atoms with Crippen molar-refractivity contribution in [3.05, 3.63) is 89.3 Å². The summed E-state index contributed by atoms with van der Waals surface area (Å²) in [6.45, 7) is 0. The molecule has 0 aliphatic carbocycles. The minimum Gasteiger partial charge on any atom is -0.255 e. The monoisotopic (exact) mass is 417 g/mol. The zero-order chi connectivity index (χ0) is 18.4. The van der Waals surface area contributed by atoms with E-state index in [1.165, 1.54) is 12.1 Å². The van der Waals surface area contributed by atoms with Crippen LogP contribution in [0.3, 0.4) is 0 Å². The normalized spacial score (nSPS) is 11.3. The fourth-order valence-corrected chi connectivity index (χ4v) is 3.60. The van der Waals surface area contributed by atoms with Gasteiger partial charge in [-0.2, -0.15) is 5.10 Å². The van der Waals surface area contributed by atoms with Gasteiger partial charge in [-0.25, -0.2) is 9.07 Å². The lowest BCUT2D eigenvalue weighted by molar-refractivity contribution is 0.629. The van der Waals surface area contributed by atoms with E-state index in [1.54, 1.807) is 12.3 Å². The number of hydrogen-bond donors (Lipinski definition) is 0. The van der Waals surface area contributed by atoms with Crippen LogP contribution in [0.5, 0.6) is 0 Å². The smallest absolute Gasteiger partial charge is 0.125 e. The van der Waals surface area contributed by atoms with Gasteiger partial charge in [0.2, 0.25) is 0 Å². The van der Waals surface area contributed by atoms with E-state index < -0.39 is 0 Å². The molecule has 0 N–H and O–H groups in total. The number of pyridine rings is 1. The van der Waals surface area contributed by atoms with Crippen molar-refractivity contribution in [2.75, 3.05) is 0 Å². The second kappa shape index (κ2) is 6.28. The molecular formula is C22H13BrFN3. The Kier molecular flexibility index (Phi) is 3.76. The van der Waals surface area contributed by atoms with Crippen molar-refractivity contribution in [2.24, 2.45) is 0 Å². The molecule has 2 heterocycles.